The van der Waals surface area contributed by atoms with Gasteiger partial charge >= 0.3 is 5.97 Å². The minimum atomic E-state index is -0.613. The molecule has 0 aliphatic rings. The molecular formula is C11H22O2Zn. The van der Waals surface area contributed by atoms with Crippen LogP contribution in [0.15, 0.2) is 0 Å². The molecule has 0 aliphatic heterocycles. The van der Waals surface area contributed by atoms with Gasteiger partial charge in [-0.05, 0) is 12.8 Å². The molecule has 0 aromatic carbocycles. The van der Waals surface area contributed by atoms with E-state index in [1.165, 1.54) is 19.3 Å². The summed E-state index contributed by atoms with van der Waals surface area (Å²) in [6.45, 7) is 4.21. The Morgan fingerprint density at radius 2 is 1.71 bits per heavy atom. The van der Waals surface area contributed by atoms with Crippen LogP contribution >= 0.6 is 0 Å². The van der Waals surface area contributed by atoms with Crippen molar-refractivity contribution in [2.45, 2.75) is 58.8 Å². The molecular weight excluding hydrogens is 230 g/mol. The number of carbonyl (C=O) groups is 1. The van der Waals surface area contributed by atoms with E-state index in [4.69, 9.17) is 5.11 Å². The summed E-state index contributed by atoms with van der Waals surface area (Å²) in [5, 5.41) is 8.86. The molecule has 0 saturated carbocycles. The van der Waals surface area contributed by atoms with E-state index in [1.807, 2.05) is 6.92 Å². The fraction of sp³-hybridized carbons (Fsp3) is 0.909. The van der Waals surface area contributed by atoms with E-state index in [0.29, 0.717) is 0 Å². The van der Waals surface area contributed by atoms with Crippen LogP contribution in [0.2, 0.25) is 0 Å². The van der Waals surface area contributed by atoms with Crippen LogP contribution in [0, 0.1) is 5.92 Å². The zero-order chi connectivity index (χ0) is 10.1. The fourth-order valence-electron chi connectivity index (χ4n) is 1.56. The molecule has 0 fully saturated rings. The second kappa shape index (κ2) is 11.2. The van der Waals surface area contributed by atoms with Crippen LogP contribution in [-0.4, -0.2) is 11.1 Å². The molecule has 1 N–H and O–H groups in total. The van der Waals surface area contributed by atoms with E-state index in [0.717, 1.165) is 25.7 Å². The van der Waals surface area contributed by atoms with Crippen LogP contribution < -0.4 is 0 Å². The van der Waals surface area contributed by atoms with Gasteiger partial charge in [0.25, 0.3) is 0 Å². The number of unbranched alkanes of at least 4 members (excludes halogenated alkanes) is 3. The van der Waals surface area contributed by atoms with Crippen molar-refractivity contribution in [3.05, 3.63) is 0 Å². The zero-order valence-corrected chi connectivity index (χ0v) is 12.6. The number of hydrogen-bond donors (Lipinski definition) is 1. The van der Waals surface area contributed by atoms with Gasteiger partial charge in [-0.2, -0.15) is 0 Å². The SMILES string of the molecule is CCCCCCC(CCC)C(=O)O.[Zn]. The van der Waals surface area contributed by atoms with Crippen LogP contribution in [0.3, 0.4) is 0 Å². The van der Waals surface area contributed by atoms with Crippen LogP contribution in [0.1, 0.15) is 58.8 Å². The van der Waals surface area contributed by atoms with Crippen LogP contribution in [-0.2, 0) is 24.3 Å². The average molecular weight is 252 g/mol. The Labute approximate surface area is 100 Å². The van der Waals surface area contributed by atoms with Crippen molar-refractivity contribution in [1.29, 1.82) is 0 Å². The van der Waals surface area contributed by atoms with E-state index in [1.54, 1.807) is 0 Å². The van der Waals surface area contributed by atoms with Gasteiger partial charge in [0.05, 0.1) is 5.92 Å². The maximum atomic E-state index is 10.8. The number of carboxylic acid groups (broad SMARTS) is 1. The Balaban J connectivity index is 0. The molecule has 0 bridgehead atoms. The third-order valence-corrected chi connectivity index (χ3v) is 2.39. The van der Waals surface area contributed by atoms with E-state index < -0.39 is 5.97 Å². The summed E-state index contributed by atoms with van der Waals surface area (Å²) in [6.07, 6.45) is 7.38. The molecule has 0 saturated heterocycles. The maximum absolute atomic E-state index is 10.8. The first-order chi connectivity index (χ1) is 6.22. The summed E-state index contributed by atoms with van der Waals surface area (Å²) >= 11 is 0. The van der Waals surface area contributed by atoms with Gasteiger partial charge in [-0.15, -0.1) is 0 Å². The van der Waals surface area contributed by atoms with Crippen molar-refractivity contribution < 1.29 is 29.4 Å². The summed E-state index contributed by atoms with van der Waals surface area (Å²) < 4.78 is 0. The molecule has 14 heavy (non-hydrogen) atoms. The van der Waals surface area contributed by atoms with E-state index in [-0.39, 0.29) is 25.4 Å². The van der Waals surface area contributed by atoms with Crippen molar-refractivity contribution in [1.82, 2.24) is 0 Å². The molecule has 0 aliphatic carbocycles. The monoisotopic (exact) mass is 250 g/mol. The summed E-state index contributed by atoms with van der Waals surface area (Å²) in [4.78, 5) is 10.8. The van der Waals surface area contributed by atoms with Crippen LogP contribution in [0.25, 0.3) is 0 Å². The molecule has 80 valence electrons. The Hall–Kier alpha value is 0.0934. The minimum absolute atomic E-state index is 0. The molecule has 0 aromatic rings. The molecule has 0 heterocycles. The van der Waals surface area contributed by atoms with E-state index in [9.17, 15) is 4.79 Å². The van der Waals surface area contributed by atoms with Gasteiger partial charge < -0.3 is 5.11 Å². The fourth-order valence-corrected chi connectivity index (χ4v) is 1.56. The van der Waals surface area contributed by atoms with Crippen molar-refractivity contribution in [3.63, 3.8) is 0 Å². The number of aliphatic carboxylic acids is 1. The summed E-state index contributed by atoms with van der Waals surface area (Å²) in [6, 6.07) is 0. The van der Waals surface area contributed by atoms with Crippen molar-refractivity contribution in [2.24, 2.45) is 5.92 Å². The van der Waals surface area contributed by atoms with Gasteiger partial charge in [0.15, 0.2) is 0 Å². The van der Waals surface area contributed by atoms with Crippen molar-refractivity contribution >= 4 is 5.97 Å². The second-order valence-electron chi connectivity index (χ2n) is 3.67. The Morgan fingerprint density at radius 1 is 1.07 bits per heavy atom. The van der Waals surface area contributed by atoms with Gasteiger partial charge in [0.1, 0.15) is 0 Å². The molecule has 1 unspecified atom stereocenters. The first kappa shape index (κ1) is 16.5. The maximum Gasteiger partial charge on any atom is 0.306 e. The predicted octanol–water partition coefficient (Wildman–Crippen LogP) is 3.46. The topological polar surface area (TPSA) is 37.3 Å². The second-order valence-corrected chi connectivity index (χ2v) is 3.67. The number of rotatable bonds is 8. The van der Waals surface area contributed by atoms with E-state index in [2.05, 4.69) is 6.92 Å². The summed E-state index contributed by atoms with van der Waals surface area (Å²) in [5.41, 5.74) is 0. The first-order valence-electron chi connectivity index (χ1n) is 5.45. The molecule has 0 spiro atoms. The third-order valence-electron chi connectivity index (χ3n) is 2.39. The van der Waals surface area contributed by atoms with Gasteiger partial charge in [0, 0.05) is 19.5 Å². The summed E-state index contributed by atoms with van der Waals surface area (Å²) in [5.74, 6) is -0.708. The molecule has 1 atom stereocenters. The molecule has 3 heteroatoms. The van der Waals surface area contributed by atoms with Crippen molar-refractivity contribution in [3.8, 4) is 0 Å². The van der Waals surface area contributed by atoms with Gasteiger partial charge in [-0.3, -0.25) is 4.79 Å². The van der Waals surface area contributed by atoms with Gasteiger partial charge in [-0.1, -0.05) is 46.0 Å². The van der Waals surface area contributed by atoms with Crippen LogP contribution in [0.4, 0.5) is 0 Å². The van der Waals surface area contributed by atoms with Crippen LogP contribution in [0.5, 0.6) is 0 Å². The molecule has 2 nitrogen and oxygen atoms in total. The number of carboxylic acids is 1. The van der Waals surface area contributed by atoms with Gasteiger partial charge in [-0.25, -0.2) is 0 Å². The molecule has 0 amide bonds. The zero-order valence-electron chi connectivity index (χ0n) is 9.59. The third kappa shape index (κ3) is 8.68. The van der Waals surface area contributed by atoms with Crippen molar-refractivity contribution in [2.75, 3.05) is 0 Å². The summed E-state index contributed by atoms with van der Waals surface area (Å²) in [7, 11) is 0. The first-order valence-corrected chi connectivity index (χ1v) is 5.45. The standard InChI is InChI=1S/C11H22O2.Zn/c1-3-5-6-7-9-10(8-4-2)11(12)13;/h10H,3-9H2,1-2H3,(H,12,13);. The largest absolute Gasteiger partial charge is 0.481 e. The van der Waals surface area contributed by atoms with Gasteiger partial charge in [0.2, 0.25) is 0 Å². The smallest absolute Gasteiger partial charge is 0.306 e. The minimum Gasteiger partial charge on any atom is -0.481 e. The normalized spacial score (nSPS) is 11.9. The Morgan fingerprint density at radius 3 is 2.14 bits per heavy atom. The van der Waals surface area contributed by atoms with E-state index >= 15 is 0 Å². The molecule has 0 aromatic heterocycles. The Kier molecular flexibility index (Phi) is 13.2. The predicted molar refractivity (Wildman–Crippen MR) is 54.8 cm³/mol. The number of hydrogen-bond acceptors (Lipinski definition) is 1. The Bertz CT molecular complexity index is 137. The molecule has 0 rings (SSSR count). The quantitative estimate of drug-likeness (QED) is 0.530. The molecule has 0 radical (unpaired) electrons. The average Bonchev–Trinajstić information content (AvgIpc) is 2.10.